The van der Waals surface area contributed by atoms with Crippen molar-refractivity contribution < 1.29 is 5.11 Å². The highest BCUT2D eigenvalue weighted by molar-refractivity contribution is 7.18. The Morgan fingerprint density at radius 2 is 2.31 bits per heavy atom. The molecule has 16 heavy (non-hydrogen) atoms. The SMILES string of the molecule is Cc1csc2c(N3CC(CO)C3)ncnc12. The van der Waals surface area contributed by atoms with E-state index in [1.807, 2.05) is 0 Å². The summed E-state index contributed by atoms with van der Waals surface area (Å²) in [6.07, 6.45) is 1.63. The lowest BCUT2D eigenvalue weighted by Crippen LogP contribution is -2.48. The molecule has 1 aliphatic heterocycles. The molecule has 1 saturated heterocycles. The van der Waals surface area contributed by atoms with Gasteiger partial charge in [-0.25, -0.2) is 9.97 Å². The van der Waals surface area contributed by atoms with Crippen molar-refractivity contribution in [2.45, 2.75) is 6.92 Å². The molecule has 0 radical (unpaired) electrons. The quantitative estimate of drug-likeness (QED) is 0.855. The molecule has 0 unspecified atom stereocenters. The first-order valence-electron chi connectivity index (χ1n) is 5.34. The molecular weight excluding hydrogens is 222 g/mol. The predicted octanol–water partition coefficient (Wildman–Crippen LogP) is 1.43. The van der Waals surface area contributed by atoms with E-state index in [2.05, 4.69) is 27.2 Å². The van der Waals surface area contributed by atoms with Gasteiger partial charge in [0.1, 0.15) is 12.1 Å². The minimum atomic E-state index is 0.272. The third kappa shape index (κ3) is 1.39. The van der Waals surface area contributed by atoms with Crippen molar-refractivity contribution in [2.24, 2.45) is 5.92 Å². The van der Waals surface area contributed by atoms with Crippen molar-refractivity contribution in [1.29, 1.82) is 0 Å². The summed E-state index contributed by atoms with van der Waals surface area (Å²) < 4.78 is 1.16. The van der Waals surface area contributed by atoms with E-state index in [4.69, 9.17) is 5.11 Å². The molecule has 0 aromatic carbocycles. The molecule has 1 fully saturated rings. The zero-order valence-corrected chi connectivity index (χ0v) is 9.87. The number of hydrogen-bond donors (Lipinski definition) is 1. The predicted molar refractivity (Wildman–Crippen MR) is 64.9 cm³/mol. The van der Waals surface area contributed by atoms with Gasteiger partial charge in [-0.15, -0.1) is 11.3 Å². The molecular formula is C11H13N3OS. The summed E-state index contributed by atoms with van der Waals surface area (Å²) in [6.45, 7) is 4.15. The highest BCUT2D eigenvalue weighted by Gasteiger charge is 2.28. The Bertz CT molecular complexity index is 519. The van der Waals surface area contributed by atoms with Gasteiger partial charge in [0.2, 0.25) is 0 Å². The Labute approximate surface area is 97.6 Å². The van der Waals surface area contributed by atoms with Crippen molar-refractivity contribution in [1.82, 2.24) is 9.97 Å². The number of aliphatic hydroxyl groups is 1. The molecule has 2 aromatic heterocycles. The lowest BCUT2D eigenvalue weighted by atomic mass is 10.0. The number of fused-ring (bicyclic) bond motifs is 1. The molecule has 84 valence electrons. The van der Waals surface area contributed by atoms with Gasteiger partial charge in [0.05, 0.1) is 10.2 Å². The minimum absolute atomic E-state index is 0.272. The summed E-state index contributed by atoms with van der Waals surface area (Å²) in [5, 5.41) is 11.1. The van der Waals surface area contributed by atoms with Crippen LogP contribution in [0.25, 0.3) is 10.2 Å². The van der Waals surface area contributed by atoms with Crippen LogP contribution in [-0.2, 0) is 0 Å². The summed E-state index contributed by atoms with van der Waals surface area (Å²) >= 11 is 1.70. The van der Waals surface area contributed by atoms with Gasteiger partial charge in [-0.05, 0) is 17.9 Å². The molecule has 0 aliphatic carbocycles. The van der Waals surface area contributed by atoms with E-state index in [0.29, 0.717) is 5.92 Å². The maximum absolute atomic E-state index is 9.01. The first kappa shape index (κ1) is 9.99. The first-order valence-corrected chi connectivity index (χ1v) is 6.22. The number of aromatic nitrogens is 2. The van der Waals surface area contributed by atoms with E-state index in [-0.39, 0.29) is 6.61 Å². The van der Waals surface area contributed by atoms with Crippen molar-refractivity contribution in [3.8, 4) is 0 Å². The Balaban J connectivity index is 1.98. The molecule has 1 N–H and O–H groups in total. The topological polar surface area (TPSA) is 49.2 Å². The van der Waals surface area contributed by atoms with Crippen LogP contribution in [0.15, 0.2) is 11.7 Å². The smallest absolute Gasteiger partial charge is 0.150 e. The maximum Gasteiger partial charge on any atom is 0.150 e. The maximum atomic E-state index is 9.01. The van der Waals surface area contributed by atoms with Crippen LogP contribution in [0, 0.1) is 12.8 Å². The fourth-order valence-corrected chi connectivity index (χ4v) is 3.06. The lowest BCUT2D eigenvalue weighted by Gasteiger charge is -2.39. The van der Waals surface area contributed by atoms with Gasteiger partial charge < -0.3 is 10.0 Å². The Morgan fingerprint density at radius 3 is 3.06 bits per heavy atom. The largest absolute Gasteiger partial charge is 0.396 e. The molecule has 0 bridgehead atoms. The van der Waals surface area contributed by atoms with Crippen LogP contribution in [0.2, 0.25) is 0 Å². The van der Waals surface area contributed by atoms with E-state index in [1.165, 1.54) is 5.56 Å². The van der Waals surface area contributed by atoms with Crippen LogP contribution in [0.3, 0.4) is 0 Å². The average molecular weight is 235 g/mol. The number of rotatable bonds is 2. The second kappa shape index (κ2) is 3.68. The first-order chi connectivity index (χ1) is 7.79. The normalized spacial score (nSPS) is 16.8. The van der Waals surface area contributed by atoms with Crippen LogP contribution in [0.1, 0.15) is 5.56 Å². The fraction of sp³-hybridized carbons (Fsp3) is 0.455. The van der Waals surface area contributed by atoms with Crippen LogP contribution >= 0.6 is 11.3 Å². The Morgan fingerprint density at radius 1 is 1.50 bits per heavy atom. The van der Waals surface area contributed by atoms with Gasteiger partial charge >= 0.3 is 0 Å². The number of thiophene rings is 1. The summed E-state index contributed by atoms with van der Waals surface area (Å²) in [6, 6.07) is 0. The van der Waals surface area contributed by atoms with Crippen LogP contribution in [0.5, 0.6) is 0 Å². The highest BCUT2D eigenvalue weighted by atomic mass is 32.1. The number of nitrogens with zero attached hydrogens (tertiary/aromatic N) is 3. The zero-order valence-electron chi connectivity index (χ0n) is 9.05. The summed E-state index contributed by atoms with van der Waals surface area (Å²) in [5.74, 6) is 1.43. The molecule has 3 heterocycles. The fourth-order valence-electron chi connectivity index (χ4n) is 2.04. The monoisotopic (exact) mass is 235 g/mol. The lowest BCUT2D eigenvalue weighted by molar-refractivity contribution is 0.200. The number of aliphatic hydroxyl groups excluding tert-OH is 1. The standard InChI is InChI=1S/C11H13N3OS/c1-7-5-16-10-9(7)12-6-13-11(10)14-2-8(3-14)4-15/h5-6,8,15H,2-4H2,1H3. The van der Waals surface area contributed by atoms with Crippen molar-refractivity contribution in [3.05, 3.63) is 17.3 Å². The second-order valence-corrected chi connectivity index (χ2v) is 5.13. The van der Waals surface area contributed by atoms with E-state index >= 15 is 0 Å². The molecule has 0 spiro atoms. The molecule has 1 aliphatic rings. The third-order valence-electron chi connectivity index (χ3n) is 3.03. The average Bonchev–Trinajstić information content (AvgIpc) is 2.60. The molecule has 3 rings (SSSR count). The highest BCUT2D eigenvalue weighted by Crippen LogP contribution is 2.33. The molecule has 2 aromatic rings. The van der Waals surface area contributed by atoms with Crippen molar-refractivity contribution in [3.63, 3.8) is 0 Å². The number of anilines is 1. The van der Waals surface area contributed by atoms with Crippen molar-refractivity contribution in [2.75, 3.05) is 24.6 Å². The van der Waals surface area contributed by atoms with Crippen LogP contribution in [-0.4, -0.2) is 34.8 Å². The van der Waals surface area contributed by atoms with E-state index in [1.54, 1.807) is 17.7 Å². The Kier molecular flexibility index (Phi) is 2.29. The van der Waals surface area contributed by atoms with Crippen LogP contribution in [0.4, 0.5) is 5.82 Å². The van der Waals surface area contributed by atoms with Gasteiger partial charge in [0.25, 0.3) is 0 Å². The summed E-state index contributed by atoms with van der Waals surface area (Å²) in [4.78, 5) is 10.9. The van der Waals surface area contributed by atoms with Crippen molar-refractivity contribution >= 4 is 27.4 Å². The number of hydrogen-bond acceptors (Lipinski definition) is 5. The van der Waals surface area contributed by atoms with Gasteiger partial charge in [-0.3, -0.25) is 0 Å². The van der Waals surface area contributed by atoms with E-state index in [9.17, 15) is 0 Å². The minimum Gasteiger partial charge on any atom is -0.396 e. The van der Waals surface area contributed by atoms with E-state index in [0.717, 1.165) is 29.1 Å². The van der Waals surface area contributed by atoms with Gasteiger partial charge in [0, 0.05) is 25.6 Å². The summed E-state index contributed by atoms with van der Waals surface area (Å²) in [5.41, 5.74) is 2.27. The third-order valence-corrected chi connectivity index (χ3v) is 4.11. The molecule has 4 nitrogen and oxygen atoms in total. The molecule has 0 atom stereocenters. The Hall–Kier alpha value is -1.20. The number of aryl methyl sites for hydroxylation is 1. The van der Waals surface area contributed by atoms with E-state index < -0.39 is 0 Å². The molecule has 5 heteroatoms. The van der Waals surface area contributed by atoms with Gasteiger partial charge in [0.15, 0.2) is 0 Å². The zero-order chi connectivity index (χ0) is 11.1. The molecule has 0 amide bonds. The molecule has 0 saturated carbocycles. The second-order valence-electron chi connectivity index (χ2n) is 4.25. The van der Waals surface area contributed by atoms with Gasteiger partial charge in [-0.2, -0.15) is 0 Å². The van der Waals surface area contributed by atoms with Crippen LogP contribution < -0.4 is 4.90 Å². The summed E-state index contributed by atoms with van der Waals surface area (Å²) in [7, 11) is 0. The van der Waals surface area contributed by atoms with Gasteiger partial charge in [-0.1, -0.05) is 0 Å².